The SMILES string of the molecule is COc1cc(N2CCC(O)CC2)ccc1Cc1nc2c(c(Nc3ccccc3S(=O)(=O)C(C)C)n1)N=CC2. The summed E-state index contributed by atoms with van der Waals surface area (Å²) >= 11 is 0. The molecular formula is C28H33N5O4S. The van der Waals surface area contributed by atoms with Crippen molar-refractivity contribution in [3.63, 3.8) is 0 Å². The lowest BCUT2D eigenvalue weighted by atomic mass is 10.1. The molecule has 9 nitrogen and oxygen atoms in total. The highest BCUT2D eigenvalue weighted by Crippen LogP contribution is 2.36. The summed E-state index contributed by atoms with van der Waals surface area (Å²) < 4.78 is 31.7. The lowest BCUT2D eigenvalue weighted by molar-refractivity contribution is 0.145. The van der Waals surface area contributed by atoms with Crippen molar-refractivity contribution < 1.29 is 18.3 Å². The lowest BCUT2D eigenvalue weighted by Crippen LogP contribution is -2.35. The van der Waals surface area contributed by atoms with Crippen LogP contribution >= 0.6 is 0 Å². The lowest BCUT2D eigenvalue weighted by Gasteiger charge is -2.31. The summed E-state index contributed by atoms with van der Waals surface area (Å²) in [4.78, 5) is 16.5. The highest BCUT2D eigenvalue weighted by molar-refractivity contribution is 7.92. The van der Waals surface area contributed by atoms with E-state index in [9.17, 15) is 13.5 Å². The molecule has 0 amide bonds. The quantitative estimate of drug-likeness (QED) is 0.440. The first-order chi connectivity index (χ1) is 18.3. The standard InChI is InChI=1S/C28H33N5O4S/c1-18(2)38(35,36)25-7-5-4-6-22(25)31-28-27-23(10-13-29-27)30-26(32-28)16-19-8-9-20(17-24(19)37-3)33-14-11-21(34)12-15-33/h4-9,13,17-18,21,34H,10-12,14-16H2,1-3H3,(H,30,31,32). The first-order valence-corrected chi connectivity index (χ1v) is 14.4. The second kappa shape index (κ2) is 10.7. The highest BCUT2D eigenvalue weighted by atomic mass is 32.2. The maximum Gasteiger partial charge on any atom is 0.182 e. The Hall–Kier alpha value is -3.50. The molecule has 0 unspecified atom stereocenters. The Morgan fingerprint density at radius 3 is 2.63 bits per heavy atom. The molecule has 0 aliphatic carbocycles. The highest BCUT2D eigenvalue weighted by Gasteiger charge is 2.25. The summed E-state index contributed by atoms with van der Waals surface area (Å²) in [7, 11) is -1.85. The molecule has 2 aliphatic rings. The minimum absolute atomic E-state index is 0.228. The van der Waals surface area contributed by atoms with Gasteiger partial charge in [0, 0.05) is 49.5 Å². The molecule has 0 atom stereocenters. The number of aromatic nitrogens is 2. The molecule has 2 aliphatic heterocycles. The van der Waals surface area contributed by atoms with E-state index >= 15 is 0 Å². The van der Waals surface area contributed by atoms with Gasteiger partial charge in [-0.15, -0.1) is 0 Å². The molecule has 3 heterocycles. The summed E-state index contributed by atoms with van der Waals surface area (Å²) in [5.74, 6) is 1.82. The van der Waals surface area contributed by atoms with Crippen LogP contribution in [-0.4, -0.2) is 61.3 Å². The molecule has 10 heteroatoms. The molecule has 3 aromatic rings. The molecule has 2 N–H and O–H groups in total. The topological polar surface area (TPSA) is 117 Å². The molecule has 0 spiro atoms. The molecule has 0 saturated carbocycles. The van der Waals surface area contributed by atoms with Gasteiger partial charge in [0.1, 0.15) is 17.3 Å². The Kier molecular flexibility index (Phi) is 7.36. The number of nitrogens with zero attached hydrogens (tertiary/aromatic N) is 4. The van der Waals surface area contributed by atoms with E-state index in [4.69, 9.17) is 14.7 Å². The van der Waals surface area contributed by atoms with Crippen molar-refractivity contribution >= 4 is 38.9 Å². The minimum atomic E-state index is -3.50. The number of methoxy groups -OCH3 is 1. The zero-order valence-corrected chi connectivity index (χ0v) is 22.7. The average molecular weight is 536 g/mol. The number of hydrogen-bond acceptors (Lipinski definition) is 9. The Balaban J connectivity index is 1.45. The Morgan fingerprint density at radius 1 is 1.13 bits per heavy atom. The number of aliphatic hydroxyl groups excluding tert-OH is 1. The third-order valence-corrected chi connectivity index (χ3v) is 9.23. The Morgan fingerprint density at radius 2 is 1.89 bits per heavy atom. The molecular weight excluding hydrogens is 502 g/mol. The van der Waals surface area contributed by atoms with Gasteiger partial charge < -0.3 is 20.1 Å². The number of nitrogens with one attached hydrogen (secondary N) is 1. The molecule has 5 rings (SSSR count). The van der Waals surface area contributed by atoms with Crippen molar-refractivity contribution in [2.75, 3.05) is 30.4 Å². The number of aliphatic hydroxyl groups is 1. The van der Waals surface area contributed by atoms with E-state index in [-0.39, 0.29) is 11.0 Å². The fraction of sp³-hybridized carbons (Fsp3) is 0.393. The van der Waals surface area contributed by atoms with E-state index in [1.165, 1.54) is 0 Å². The number of benzene rings is 2. The second-order valence-electron chi connectivity index (χ2n) is 9.91. The van der Waals surface area contributed by atoms with Gasteiger partial charge in [-0.25, -0.2) is 18.4 Å². The maximum atomic E-state index is 13.0. The molecule has 38 heavy (non-hydrogen) atoms. The molecule has 1 saturated heterocycles. The second-order valence-corrected chi connectivity index (χ2v) is 12.4. The van der Waals surface area contributed by atoms with E-state index in [1.807, 2.05) is 12.1 Å². The van der Waals surface area contributed by atoms with Crippen LogP contribution in [0, 0.1) is 0 Å². The van der Waals surface area contributed by atoms with Crippen LogP contribution in [-0.2, 0) is 22.7 Å². The molecule has 0 bridgehead atoms. The number of sulfone groups is 1. The van der Waals surface area contributed by atoms with Gasteiger partial charge in [-0.05, 0) is 44.9 Å². The maximum absolute atomic E-state index is 13.0. The van der Waals surface area contributed by atoms with Crippen molar-refractivity contribution in [2.24, 2.45) is 4.99 Å². The van der Waals surface area contributed by atoms with Crippen LogP contribution in [0.25, 0.3) is 0 Å². The largest absolute Gasteiger partial charge is 0.496 e. The third kappa shape index (κ3) is 5.23. The van der Waals surface area contributed by atoms with Crippen molar-refractivity contribution in [1.29, 1.82) is 0 Å². The van der Waals surface area contributed by atoms with Gasteiger partial charge in [-0.3, -0.25) is 4.99 Å². The molecule has 1 aromatic heterocycles. The zero-order valence-electron chi connectivity index (χ0n) is 21.9. The Labute approximate surface area is 223 Å². The smallest absolute Gasteiger partial charge is 0.182 e. The molecule has 0 radical (unpaired) electrons. The first-order valence-electron chi connectivity index (χ1n) is 12.9. The predicted octanol–water partition coefficient (Wildman–Crippen LogP) is 4.22. The van der Waals surface area contributed by atoms with E-state index in [2.05, 4.69) is 21.3 Å². The van der Waals surface area contributed by atoms with Crippen LogP contribution in [0.3, 0.4) is 0 Å². The number of aliphatic imine (C=N–C) groups is 1. The fourth-order valence-corrected chi connectivity index (χ4v) is 5.99. The molecule has 1 fully saturated rings. The summed E-state index contributed by atoms with van der Waals surface area (Å²) in [6, 6.07) is 13.0. The van der Waals surface area contributed by atoms with Crippen LogP contribution in [0.15, 0.2) is 52.4 Å². The third-order valence-electron chi connectivity index (χ3n) is 7.02. The number of para-hydroxylation sites is 1. The van der Waals surface area contributed by atoms with Crippen molar-refractivity contribution in [3.05, 3.63) is 59.5 Å². The van der Waals surface area contributed by atoms with E-state index < -0.39 is 15.1 Å². The fourth-order valence-electron chi connectivity index (χ4n) is 4.79. The van der Waals surface area contributed by atoms with Crippen molar-refractivity contribution in [2.45, 2.75) is 55.8 Å². The summed E-state index contributed by atoms with van der Waals surface area (Å²) in [5, 5.41) is 12.5. The number of rotatable bonds is 8. The molecule has 2 aromatic carbocycles. The number of anilines is 3. The number of hydrogen-bond donors (Lipinski definition) is 2. The van der Waals surface area contributed by atoms with Crippen LogP contribution < -0.4 is 15.0 Å². The first kappa shape index (κ1) is 26.1. The average Bonchev–Trinajstić information content (AvgIpc) is 3.39. The van der Waals surface area contributed by atoms with Gasteiger partial charge in [0.05, 0.1) is 34.7 Å². The van der Waals surface area contributed by atoms with Gasteiger partial charge in [-0.1, -0.05) is 18.2 Å². The minimum Gasteiger partial charge on any atom is -0.496 e. The van der Waals surface area contributed by atoms with E-state index in [1.54, 1.807) is 51.4 Å². The normalized spacial score (nSPS) is 15.7. The number of fused-ring (bicyclic) bond motifs is 1. The van der Waals surface area contributed by atoms with Gasteiger partial charge in [0.25, 0.3) is 0 Å². The van der Waals surface area contributed by atoms with Gasteiger partial charge >= 0.3 is 0 Å². The van der Waals surface area contributed by atoms with Crippen molar-refractivity contribution in [1.82, 2.24) is 9.97 Å². The Bertz CT molecular complexity index is 1460. The van der Waals surface area contributed by atoms with Gasteiger partial charge in [0.15, 0.2) is 15.7 Å². The van der Waals surface area contributed by atoms with Gasteiger partial charge in [-0.2, -0.15) is 0 Å². The summed E-state index contributed by atoms with van der Waals surface area (Å²) in [6.07, 6.45) is 4.10. The summed E-state index contributed by atoms with van der Waals surface area (Å²) in [5.41, 5.74) is 3.89. The molecule has 200 valence electrons. The monoisotopic (exact) mass is 535 g/mol. The van der Waals surface area contributed by atoms with Crippen LogP contribution in [0.4, 0.5) is 22.9 Å². The van der Waals surface area contributed by atoms with Crippen LogP contribution in [0.2, 0.25) is 0 Å². The number of piperidine rings is 1. The predicted molar refractivity (Wildman–Crippen MR) is 149 cm³/mol. The van der Waals surface area contributed by atoms with Crippen LogP contribution in [0.1, 0.15) is 43.8 Å². The van der Waals surface area contributed by atoms with Gasteiger partial charge in [0.2, 0.25) is 0 Å². The number of ether oxygens (including phenoxy) is 1. The zero-order chi connectivity index (χ0) is 26.9. The van der Waals surface area contributed by atoms with Crippen LogP contribution in [0.5, 0.6) is 5.75 Å². The van der Waals surface area contributed by atoms with Crippen molar-refractivity contribution in [3.8, 4) is 5.75 Å². The van der Waals surface area contributed by atoms with E-state index in [0.717, 1.165) is 48.6 Å². The van der Waals surface area contributed by atoms with E-state index in [0.29, 0.717) is 35.9 Å². The summed E-state index contributed by atoms with van der Waals surface area (Å²) in [6.45, 7) is 4.95.